The van der Waals surface area contributed by atoms with Gasteiger partial charge >= 0.3 is 0 Å². The van der Waals surface area contributed by atoms with E-state index in [2.05, 4.69) is 0 Å². The van der Waals surface area contributed by atoms with Gasteiger partial charge in [0.05, 0.1) is 5.02 Å². The maximum absolute atomic E-state index is 13.3. The Morgan fingerprint density at radius 1 is 1.50 bits per heavy atom. The highest BCUT2D eigenvalue weighted by atomic mass is 35.5. The van der Waals surface area contributed by atoms with Crippen molar-refractivity contribution < 1.29 is 12.8 Å². The average Bonchev–Trinajstić information content (AvgIpc) is 2.83. The molecule has 0 spiro atoms. The van der Waals surface area contributed by atoms with E-state index in [0.29, 0.717) is 19.6 Å². The summed E-state index contributed by atoms with van der Waals surface area (Å²) in [4.78, 5) is -0.0364. The molecule has 1 aliphatic heterocycles. The van der Waals surface area contributed by atoms with E-state index < -0.39 is 15.8 Å². The van der Waals surface area contributed by atoms with E-state index in [1.54, 1.807) is 0 Å². The topological polar surface area (TPSA) is 63.4 Å². The molecule has 1 aliphatic rings. The number of nitrogens with two attached hydrogens (primary N) is 1. The molecule has 20 heavy (non-hydrogen) atoms. The average molecular weight is 343 g/mol. The van der Waals surface area contributed by atoms with Gasteiger partial charge in [0.1, 0.15) is 10.7 Å². The summed E-state index contributed by atoms with van der Waals surface area (Å²) in [6.45, 7) is 2.79. The highest BCUT2D eigenvalue weighted by molar-refractivity contribution is 7.89. The van der Waals surface area contributed by atoms with Crippen molar-refractivity contribution in [2.45, 2.75) is 18.2 Å². The fourth-order valence-electron chi connectivity index (χ4n) is 2.18. The molecule has 1 fully saturated rings. The largest absolute Gasteiger partial charge is 0.330 e. The molecule has 1 unspecified atom stereocenters. The highest BCUT2D eigenvalue weighted by Crippen LogP contribution is 2.30. The predicted octanol–water partition coefficient (Wildman–Crippen LogP) is 2.18. The van der Waals surface area contributed by atoms with E-state index in [1.165, 1.54) is 17.3 Å². The molecule has 1 heterocycles. The summed E-state index contributed by atoms with van der Waals surface area (Å²) in [5.74, 6) is -0.333. The SMILES string of the molecule is Cc1cc(S(=O)(=O)N2CCC(CN)C2)c(Cl)cc1F.Cl. The standard InChI is InChI=1S/C12H16ClFN2O2S.ClH/c1-8-4-12(10(13)5-11(8)14)19(17,18)16-3-2-9(6-15)7-16;/h4-5,9H,2-3,6-7,15H2,1H3;1H. The highest BCUT2D eigenvalue weighted by Gasteiger charge is 2.33. The number of rotatable bonds is 3. The second kappa shape index (κ2) is 6.58. The van der Waals surface area contributed by atoms with Gasteiger partial charge in [0.2, 0.25) is 10.0 Å². The first-order valence-electron chi connectivity index (χ1n) is 6.02. The normalized spacial score (nSPS) is 19.9. The Balaban J connectivity index is 0.00000200. The summed E-state index contributed by atoms with van der Waals surface area (Å²) in [5, 5.41) is -0.0840. The Morgan fingerprint density at radius 2 is 2.15 bits per heavy atom. The zero-order valence-corrected chi connectivity index (χ0v) is 13.4. The van der Waals surface area contributed by atoms with Crippen LogP contribution in [0.1, 0.15) is 12.0 Å². The smallest absolute Gasteiger partial charge is 0.244 e. The second-order valence-electron chi connectivity index (χ2n) is 4.79. The number of hydrogen-bond donors (Lipinski definition) is 1. The maximum Gasteiger partial charge on any atom is 0.244 e. The lowest BCUT2D eigenvalue weighted by atomic mass is 10.1. The van der Waals surface area contributed by atoms with E-state index >= 15 is 0 Å². The number of aryl methyl sites for hydroxylation is 1. The van der Waals surface area contributed by atoms with Gasteiger partial charge < -0.3 is 5.73 Å². The van der Waals surface area contributed by atoms with E-state index in [-0.39, 0.29) is 33.8 Å². The van der Waals surface area contributed by atoms with Crippen molar-refractivity contribution in [3.63, 3.8) is 0 Å². The molecule has 0 aromatic heterocycles. The molecule has 8 heteroatoms. The predicted molar refractivity (Wildman–Crippen MR) is 79.3 cm³/mol. The molecule has 1 atom stereocenters. The van der Waals surface area contributed by atoms with Gasteiger partial charge in [-0.2, -0.15) is 4.31 Å². The molecular formula is C12H17Cl2FN2O2S. The second-order valence-corrected chi connectivity index (χ2v) is 7.10. The Hall–Kier alpha value is -0.400. The lowest BCUT2D eigenvalue weighted by Crippen LogP contribution is -2.30. The molecule has 1 aromatic rings. The first-order chi connectivity index (χ1) is 8.86. The van der Waals surface area contributed by atoms with Crippen molar-refractivity contribution in [2.75, 3.05) is 19.6 Å². The minimum absolute atomic E-state index is 0. The van der Waals surface area contributed by atoms with Crippen LogP contribution in [0, 0.1) is 18.7 Å². The van der Waals surface area contributed by atoms with Crippen LogP contribution in [0.4, 0.5) is 4.39 Å². The molecule has 0 bridgehead atoms. The third-order valence-electron chi connectivity index (χ3n) is 3.41. The number of nitrogens with zero attached hydrogens (tertiary/aromatic N) is 1. The molecular weight excluding hydrogens is 326 g/mol. The van der Waals surface area contributed by atoms with E-state index in [4.69, 9.17) is 17.3 Å². The lowest BCUT2D eigenvalue weighted by molar-refractivity contribution is 0.459. The minimum Gasteiger partial charge on any atom is -0.330 e. The lowest BCUT2D eigenvalue weighted by Gasteiger charge is -2.17. The van der Waals surface area contributed by atoms with Gasteiger partial charge in [-0.3, -0.25) is 0 Å². The third-order valence-corrected chi connectivity index (χ3v) is 5.74. The van der Waals surface area contributed by atoms with Crippen molar-refractivity contribution in [1.82, 2.24) is 4.31 Å². The summed E-state index contributed by atoms with van der Waals surface area (Å²) in [6, 6.07) is 2.32. The minimum atomic E-state index is -3.67. The van der Waals surface area contributed by atoms with Gasteiger partial charge in [-0.25, -0.2) is 12.8 Å². The first-order valence-corrected chi connectivity index (χ1v) is 7.84. The first kappa shape index (κ1) is 17.7. The van der Waals surface area contributed by atoms with Crippen LogP contribution in [0.15, 0.2) is 17.0 Å². The zero-order valence-electron chi connectivity index (χ0n) is 11.0. The fourth-order valence-corrected chi connectivity index (χ4v) is 4.28. The van der Waals surface area contributed by atoms with Gasteiger partial charge in [-0.1, -0.05) is 11.6 Å². The zero-order chi connectivity index (χ0) is 14.2. The van der Waals surface area contributed by atoms with Crippen molar-refractivity contribution in [3.8, 4) is 0 Å². The number of hydrogen-bond acceptors (Lipinski definition) is 3. The summed E-state index contributed by atoms with van der Waals surface area (Å²) >= 11 is 5.86. The maximum atomic E-state index is 13.3. The van der Waals surface area contributed by atoms with Crippen LogP contribution in [0.3, 0.4) is 0 Å². The number of benzene rings is 1. The number of sulfonamides is 1. The van der Waals surface area contributed by atoms with Crippen LogP contribution >= 0.6 is 24.0 Å². The van der Waals surface area contributed by atoms with Crippen LogP contribution in [0.2, 0.25) is 5.02 Å². The van der Waals surface area contributed by atoms with Crippen molar-refractivity contribution in [1.29, 1.82) is 0 Å². The summed E-state index contributed by atoms with van der Waals surface area (Å²) in [7, 11) is -3.67. The molecule has 0 radical (unpaired) electrons. The van der Waals surface area contributed by atoms with Crippen LogP contribution in [0.5, 0.6) is 0 Å². The summed E-state index contributed by atoms with van der Waals surface area (Å²) in [6.07, 6.45) is 0.744. The van der Waals surface area contributed by atoms with Crippen LogP contribution in [-0.2, 0) is 10.0 Å². The molecule has 2 rings (SSSR count). The quantitative estimate of drug-likeness (QED) is 0.915. The van der Waals surface area contributed by atoms with Crippen LogP contribution in [-0.4, -0.2) is 32.4 Å². The molecule has 0 saturated carbocycles. The molecule has 114 valence electrons. The van der Waals surface area contributed by atoms with Crippen molar-refractivity contribution in [3.05, 3.63) is 28.5 Å². The Morgan fingerprint density at radius 3 is 2.70 bits per heavy atom. The Kier molecular flexibility index (Phi) is 5.80. The van der Waals surface area contributed by atoms with E-state index in [1.807, 2.05) is 0 Å². The van der Waals surface area contributed by atoms with Gasteiger partial charge in [-0.15, -0.1) is 12.4 Å². The van der Waals surface area contributed by atoms with E-state index in [9.17, 15) is 12.8 Å². The molecule has 1 aromatic carbocycles. The van der Waals surface area contributed by atoms with Gasteiger partial charge in [0, 0.05) is 13.1 Å². The van der Waals surface area contributed by atoms with E-state index in [0.717, 1.165) is 12.5 Å². The molecule has 0 aliphatic carbocycles. The van der Waals surface area contributed by atoms with Crippen molar-refractivity contribution in [2.24, 2.45) is 11.7 Å². The monoisotopic (exact) mass is 342 g/mol. The van der Waals surface area contributed by atoms with Gasteiger partial charge in [0.25, 0.3) is 0 Å². The van der Waals surface area contributed by atoms with Crippen molar-refractivity contribution >= 4 is 34.0 Å². The van der Waals surface area contributed by atoms with Gasteiger partial charge in [0.15, 0.2) is 0 Å². The molecule has 1 saturated heterocycles. The summed E-state index contributed by atoms with van der Waals surface area (Å²) < 4.78 is 39.6. The summed E-state index contributed by atoms with van der Waals surface area (Å²) in [5.41, 5.74) is 5.82. The Labute approximate surface area is 129 Å². The van der Waals surface area contributed by atoms with Gasteiger partial charge in [-0.05, 0) is 43.5 Å². The molecule has 4 nitrogen and oxygen atoms in total. The fraction of sp³-hybridized carbons (Fsp3) is 0.500. The third kappa shape index (κ3) is 3.26. The van der Waals surface area contributed by atoms with Crippen LogP contribution < -0.4 is 5.73 Å². The van der Waals surface area contributed by atoms with Crippen LogP contribution in [0.25, 0.3) is 0 Å². The molecule has 2 N–H and O–H groups in total. The number of halogens is 3. The molecule has 0 amide bonds. The Bertz CT molecular complexity index is 595.